The Kier molecular flexibility index (Phi) is 3.99. The van der Waals surface area contributed by atoms with Gasteiger partial charge in [0, 0.05) is 18.7 Å². The lowest BCUT2D eigenvalue weighted by molar-refractivity contribution is 0.796. The Labute approximate surface area is 131 Å². The van der Waals surface area contributed by atoms with Crippen LogP contribution in [0.2, 0.25) is 0 Å². The fraction of sp³-hybridized carbons (Fsp3) is 0.316. The first-order valence-corrected chi connectivity index (χ1v) is 7.93. The van der Waals surface area contributed by atoms with Crippen molar-refractivity contribution in [1.82, 2.24) is 9.55 Å². The molecule has 0 saturated carbocycles. The number of rotatable bonds is 4. The maximum atomic E-state index is 5.68. The van der Waals surface area contributed by atoms with E-state index in [2.05, 4.69) is 67.8 Å². The molecular formula is C19H23N3. The minimum absolute atomic E-state index is 0.517. The number of benzene rings is 2. The van der Waals surface area contributed by atoms with E-state index in [1.54, 1.807) is 0 Å². The summed E-state index contributed by atoms with van der Waals surface area (Å²) >= 11 is 0. The first-order valence-electron chi connectivity index (χ1n) is 7.93. The molecule has 0 fully saturated rings. The van der Waals surface area contributed by atoms with Crippen molar-refractivity contribution in [3.8, 4) is 11.4 Å². The SMILES string of the molecule is CCn1c(-c2ccc(CN)cc2)nc2cc(C(C)C)ccc21. The number of aryl methyl sites for hydroxylation is 1. The highest BCUT2D eigenvalue weighted by molar-refractivity contribution is 5.81. The molecule has 0 unspecified atom stereocenters. The second-order valence-electron chi connectivity index (χ2n) is 5.98. The normalized spacial score (nSPS) is 11.5. The minimum atomic E-state index is 0.517. The third kappa shape index (κ3) is 2.53. The Bertz CT molecular complexity index is 782. The Balaban J connectivity index is 2.15. The molecule has 0 aliphatic rings. The van der Waals surface area contributed by atoms with Crippen molar-refractivity contribution in [2.24, 2.45) is 5.73 Å². The van der Waals surface area contributed by atoms with Crippen LogP contribution in [0.25, 0.3) is 22.4 Å². The molecule has 1 heterocycles. The second kappa shape index (κ2) is 5.93. The average molecular weight is 293 g/mol. The molecule has 0 aliphatic carbocycles. The van der Waals surface area contributed by atoms with Gasteiger partial charge in [0.15, 0.2) is 0 Å². The summed E-state index contributed by atoms with van der Waals surface area (Å²) in [4.78, 5) is 4.88. The summed E-state index contributed by atoms with van der Waals surface area (Å²) in [6.45, 7) is 8.07. The summed E-state index contributed by atoms with van der Waals surface area (Å²) in [5.41, 5.74) is 11.6. The molecule has 0 atom stereocenters. The van der Waals surface area contributed by atoms with E-state index in [1.165, 1.54) is 11.1 Å². The fourth-order valence-corrected chi connectivity index (χ4v) is 2.84. The summed E-state index contributed by atoms with van der Waals surface area (Å²) in [5.74, 6) is 1.55. The van der Waals surface area contributed by atoms with Crippen LogP contribution in [-0.4, -0.2) is 9.55 Å². The number of nitrogens with two attached hydrogens (primary N) is 1. The van der Waals surface area contributed by atoms with Gasteiger partial charge < -0.3 is 10.3 Å². The maximum Gasteiger partial charge on any atom is 0.141 e. The van der Waals surface area contributed by atoms with E-state index in [9.17, 15) is 0 Å². The van der Waals surface area contributed by atoms with E-state index in [4.69, 9.17) is 10.7 Å². The zero-order valence-electron chi connectivity index (χ0n) is 13.5. The molecule has 3 nitrogen and oxygen atoms in total. The Morgan fingerprint density at radius 1 is 1.09 bits per heavy atom. The van der Waals surface area contributed by atoms with Gasteiger partial charge in [-0.2, -0.15) is 0 Å². The number of hydrogen-bond donors (Lipinski definition) is 1. The zero-order valence-corrected chi connectivity index (χ0v) is 13.5. The molecule has 114 valence electrons. The van der Waals surface area contributed by atoms with Gasteiger partial charge in [-0.25, -0.2) is 4.98 Å². The minimum Gasteiger partial charge on any atom is -0.326 e. The van der Waals surface area contributed by atoms with Crippen molar-refractivity contribution in [3.63, 3.8) is 0 Å². The lowest BCUT2D eigenvalue weighted by Crippen LogP contribution is -1.99. The van der Waals surface area contributed by atoms with Crippen molar-refractivity contribution in [3.05, 3.63) is 53.6 Å². The van der Waals surface area contributed by atoms with Gasteiger partial charge in [0.05, 0.1) is 11.0 Å². The molecular weight excluding hydrogens is 270 g/mol. The fourth-order valence-electron chi connectivity index (χ4n) is 2.84. The predicted molar refractivity (Wildman–Crippen MR) is 92.8 cm³/mol. The number of fused-ring (bicyclic) bond motifs is 1. The van der Waals surface area contributed by atoms with Crippen molar-refractivity contribution < 1.29 is 0 Å². The molecule has 0 amide bonds. The van der Waals surface area contributed by atoms with Gasteiger partial charge in [0.1, 0.15) is 5.82 Å². The number of imidazole rings is 1. The highest BCUT2D eigenvalue weighted by Gasteiger charge is 2.12. The van der Waals surface area contributed by atoms with E-state index < -0.39 is 0 Å². The van der Waals surface area contributed by atoms with Crippen LogP contribution in [0.5, 0.6) is 0 Å². The van der Waals surface area contributed by atoms with Gasteiger partial charge in [-0.15, -0.1) is 0 Å². The van der Waals surface area contributed by atoms with Crippen LogP contribution >= 0.6 is 0 Å². The molecule has 3 heteroatoms. The van der Waals surface area contributed by atoms with Crippen LogP contribution < -0.4 is 5.73 Å². The van der Waals surface area contributed by atoms with Gasteiger partial charge in [0.2, 0.25) is 0 Å². The molecule has 0 saturated heterocycles. The first-order chi connectivity index (χ1) is 10.6. The Morgan fingerprint density at radius 3 is 2.41 bits per heavy atom. The Hall–Kier alpha value is -2.13. The van der Waals surface area contributed by atoms with Crippen molar-refractivity contribution in [2.75, 3.05) is 0 Å². The molecule has 0 spiro atoms. The van der Waals surface area contributed by atoms with Crippen LogP contribution in [0.4, 0.5) is 0 Å². The van der Waals surface area contributed by atoms with E-state index in [1.807, 2.05) is 0 Å². The average Bonchev–Trinajstić information content (AvgIpc) is 2.92. The molecule has 2 aromatic carbocycles. The van der Waals surface area contributed by atoms with Crippen LogP contribution in [0.1, 0.15) is 37.8 Å². The van der Waals surface area contributed by atoms with Gasteiger partial charge in [-0.05, 0) is 36.1 Å². The summed E-state index contributed by atoms with van der Waals surface area (Å²) in [5, 5.41) is 0. The second-order valence-corrected chi connectivity index (χ2v) is 5.98. The van der Waals surface area contributed by atoms with E-state index in [-0.39, 0.29) is 0 Å². The number of nitrogens with zero attached hydrogens (tertiary/aromatic N) is 2. The summed E-state index contributed by atoms with van der Waals surface area (Å²) in [6, 6.07) is 15.0. The quantitative estimate of drug-likeness (QED) is 0.779. The molecule has 0 radical (unpaired) electrons. The van der Waals surface area contributed by atoms with Gasteiger partial charge >= 0.3 is 0 Å². The van der Waals surface area contributed by atoms with Crippen LogP contribution in [0, 0.1) is 0 Å². The number of hydrogen-bond acceptors (Lipinski definition) is 2. The molecule has 1 aromatic heterocycles. The zero-order chi connectivity index (χ0) is 15.7. The smallest absolute Gasteiger partial charge is 0.141 e. The molecule has 0 aliphatic heterocycles. The van der Waals surface area contributed by atoms with Gasteiger partial charge in [0.25, 0.3) is 0 Å². The van der Waals surface area contributed by atoms with Crippen LogP contribution in [0.3, 0.4) is 0 Å². The molecule has 3 aromatic rings. The summed E-state index contributed by atoms with van der Waals surface area (Å²) in [6.07, 6.45) is 0. The summed E-state index contributed by atoms with van der Waals surface area (Å²) in [7, 11) is 0. The highest BCUT2D eigenvalue weighted by Crippen LogP contribution is 2.27. The van der Waals surface area contributed by atoms with Gasteiger partial charge in [-0.3, -0.25) is 0 Å². The van der Waals surface area contributed by atoms with Crippen molar-refractivity contribution >= 4 is 11.0 Å². The van der Waals surface area contributed by atoms with Crippen molar-refractivity contribution in [1.29, 1.82) is 0 Å². The van der Waals surface area contributed by atoms with E-state index in [0.717, 1.165) is 29.0 Å². The third-order valence-electron chi connectivity index (χ3n) is 4.20. The Morgan fingerprint density at radius 2 is 1.82 bits per heavy atom. The standard InChI is InChI=1S/C19H23N3/c1-4-22-18-10-9-16(13(2)3)11-17(18)21-19(22)15-7-5-14(12-20)6-8-15/h5-11,13H,4,12,20H2,1-3H3. The highest BCUT2D eigenvalue weighted by atomic mass is 15.1. The lowest BCUT2D eigenvalue weighted by Gasteiger charge is -2.07. The third-order valence-corrected chi connectivity index (χ3v) is 4.20. The first kappa shape index (κ1) is 14.8. The largest absolute Gasteiger partial charge is 0.326 e. The molecule has 3 rings (SSSR count). The topological polar surface area (TPSA) is 43.8 Å². The van der Waals surface area contributed by atoms with Crippen LogP contribution in [0.15, 0.2) is 42.5 Å². The maximum absolute atomic E-state index is 5.68. The van der Waals surface area contributed by atoms with E-state index >= 15 is 0 Å². The molecule has 0 bridgehead atoms. The van der Waals surface area contributed by atoms with Crippen LogP contribution in [-0.2, 0) is 13.1 Å². The monoisotopic (exact) mass is 293 g/mol. The molecule has 2 N–H and O–H groups in total. The number of aromatic nitrogens is 2. The van der Waals surface area contributed by atoms with E-state index in [0.29, 0.717) is 12.5 Å². The molecule has 22 heavy (non-hydrogen) atoms. The van der Waals surface area contributed by atoms with Gasteiger partial charge in [-0.1, -0.05) is 44.2 Å². The predicted octanol–water partition coefficient (Wildman–Crippen LogP) is 4.31. The van der Waals surface area contributed by atoms with Crippen molar-refractivity contribution in [2.45, 2.75) is 39.8 Å². The lowest BCUT2D eigenvalue weighted by atomic mass is 10.0. The summed E-state index contributed by atoms with van der Waals surface area (Å²) < 4.78 is 2.27.